The third kappa shape index (κ3) is 5.88. The van der Waals surface area contributed by atoms with E-state index in [4.69, 9.17) is 9.47 Å². The van der Waals surface area contributed by atoms with E-state index in [0.717, 1.165) is 11.1 Å². The van der Waals surface area contributed by atoms with Crippen molar-refractivity contribution in [2.24, 2.45) is 0 Å². The van der Waals surface area contributed by atoms with E-state index in [2.05, 4.69) is 26.1 Å². The maximum absolute atomic E-state index is 13.3. The number of benzene rings is 2. The molecular weight excluding hydrogens is 462 g/mol. The number of nitrogens with one attached hydrogen (secondary N) is 1. The molecule has 2 aromatic carbocycles. The van der Waals surface area contributed by atoms with Crippen LogP contribution in [0.3, 0.4) is 0 Å². The number of hydrogen-bond donors (Lipinski definition) is 1. The van der Waals surface area contributed by atoms with E-state index in [1.807, 2.05) is 18.2 Å². The Kier molecular flexibility index (Phi) is 7.45. The van der Waals surface area contributed by atoms with Gasteiger partial charge in [-0.3, -0.25) is 0 Å². The van der Waals surface area contributed by atoms with E-state index in [0.29, 0.717) is 24.5 Å². The molecule has 0 radical (unpaired) electrons. The summed E-state index contributed by atoms with van der Waals surface area (Å²) < 4.78 is 62.0. The van der Waals surface area contributed by atoms with Crippen LogP contribution in [0.2, 0.25) is 0 Å². The topological polar surface area (TPSA) is 98.8 Å². The van der Waals surface area contributed by atoms with Gasteiger partial charge < -0.3 is 14.8 Å². The van der Waals surface area contributed by atoms with Gasteiger partial charge in [-0.05, 0) is 53.8 Å². The average molecular weight is 496 g/mol. The molecule has 0 aliphatic carbocycles. The first kappa shape index (κ1) is 25.5. The normalized spacial score (nSPS) is 20.5. The third-order valence-corrected chi connectivity index (χ3v) is 10.2. The Morgan fingerprint density at radius 1 is 0.970 bits per heavy atom. The van der Waals surface area contributed by atoms with Crippen molar-refractivity contribution in [3.05, 3.63) is 53.6 Å². The van der Waals surface area contributed by atoms with Crippen molar-refractivity contribution < 1.29 is 26.3 Å². The van der Waals surface area contributed by atoms with Crippen LogP contribution >= 0.6 is 0 Å². The lowest BCUT2D eigenvalue weighted by molar-refractivity contribution is 0.354. The lowest BCUT2D eigenvalue weighted by Crippen LogP contribution is -2.44. The van der Waals surface area contributed by atoms with Crippen LogP contribution in [0.25, 0.3) is 0 Å². The minimum atomic E-state index is -3.81. The van der Waals surface area contributed by atoms with Gasteiger partial charge in [-0.2, -0.15) is 0 Å². The molecule has 2 aromatic rings. The predicted molar refractivity (Wildman–Crippen MR) is 130 cm³/mol. The van der Waals surface area contributed by atoms with Gasteiger partial charge in [-0.1, -0.05) is 39.0 Å². The van der Waals surface area contributed by atoms with Gasteiger partial charge >= 0.3 is 0 Å². The largest absolute Gasteiger partial charge is 0.493 e. The molecule has 1 fully saturated rings. The van der Waals surface area contributed by atoms with Gasteiger partial charge in [-0.25, -0.2) is 16.8 Å². The Morgan fingerprint density at radius 2 is 1.61 bits per heavy atom. The molecule has 0 aromatic heterocycles. The zero-order valence-electron chi connectivity index (χ0n) is 19.8. The van der Waals surface area contributed by atoms with E-state index >= 15 is 0 Å². The first-order valence-corrected chi connectivity index (χ1v) is 14.2. The second kappa shape index (κ2) is 9.64. The molecule has 7 nitrogen and oxygen atoms in total. The number of hydrogen-bond acceptors (Lipinski definition) is 7. The minimum Gasteiger partial charge on any atom is -0.493 e. The fourth-order valence-electron chi connectivity index (χ4n) is 4.07. The lowest BCUT2D eigenvalue weighted by atomic mass is 9.87. The standard InChI is InChI=1S/C24H33NO6S2/c1-24(2,3)18-7-9-19(10-8-18)33(28,29)23-16-32(26,27)15-20(23)25-13-12-17-6-11-21(30-4)22(14-17)31-5/h6-11,14,20,23,25H,12-13,15-16H2,1-5H3/t20-,23-/m1/s1. The summed E-state index contributed by atoms with van der Waals surface area (Å²) in [5, 5.41) is 2.16. The number of ether oxygens (including phenoxy) is 2. The van der Waals surface area contributed by atoms with Crippen molar-refractivity contribution in [3.8, 4) is 11.5 Å². The van der Waals surface area contributed by atoms with Crippen molar-refractivity contribution in [1.29, 1.82) is 0 Å². The lowest BCUT2D eigenvalue weighted by Gasteiger charge is -2.22. The molecule has 0 unspecified atom stereocenters. The smallest absolute Gasteiger partial charge is 0.183 e. The van der Waals surface area contributed by atoms with Crippen molar-refractivity contribution in [1.82, 2.24) is 5.32 Å². The Labute approximate surface area is 197 Å². The molecule has 2 atom stereocenters. The fraction of sp³-hybridized carbons (Fsp3) is 0.500. The highest BCUT2D eigenvalue weighted by molar-refractivity contribution is 7.96. The van der Waals surface area contributed by atoms with Gasteiger partial charge in [0.05, 0.1) is 35.9 Å². The second-order valence-corrected chi connectivity index (χ2v) is 13.8. The summed E-state index contributed by atoms with van der Waals surface area (Å²) in [7, 11) is -4.15. The van der Waals surface area contributed by atoms with Gasteiger partial charge in [0, 0.05) is 6.04 Å². The van der Waals surface area contributed by atoms with E-state index in [9.17, 15) is 16.8 Å². The summed E-state index contributed by atoms with van der Waals surface area (Å²) >= 11 is 0. The number of methoxy groups -OCH3 is 2. The predicted octanol–water partition coefficient (Wildman–Crippen LogP) is 2.77. The Bertz CT molecular complexity index is 1180. The second-order valence-electron chi connectivity index (χ2n) is 9.43. The SMILES string of the molecule is COc1ccc(CCN[C@@H]2CS(=O)(=O)C[C@H]2S(=O)(=O)c2ccc(C(C)(C)C)cc2)cc1OC. The quantitative estimate of drug-likeness (QED) is 0.601. The molecule has 0 amide bonds. The molecule has 33 heavy (non-hydrogen) atoms. The maximum atomic E-state index is 13.3. The highest BCUT2D eigenvalue weighted by Gasteiger charge is 2.45. The van der Waals surface area contributed by atoms with Gasteiger partial charge in [0.15, 0.2) is 31.2 Å². The van der Waals surface area contributed by atoms with Crippen LogP contribution < -0.4 is 14.8 Å². The van der Waals surface area contributed by atoms with Gasteiger partial charge in [-0.15, -0.1) is 0 Å². The molecule has 1 heterocycles. The monoisotopic (exact) mass is 495 g/mol. The highest BCUT2D eigenvalue weighted by atomic mass is 32.2. The molecule has 182 valence electrons. The van der Waals surface area contributed by atoms with Crippen LogP contribution in [0.4, 0.5) is 0 Å². The highest BCUT2D eigenvalue weighted by Crippen LogP contribution is 2.30. The van der Waals surface area contributed by atoms with Crippen molar-refractivity contribution >= 4 is 19.7 Å². The summed E-state index contributed by atoms with van der Waals surface area (Å²) in [6.45, 7) is 6.60. The molecule has 1 N–H and O–H groups in total. The van der Waals surface area contributed by atoms with E-state index in [-0.39, 0.29) is 21.8 Å². The van der Waals surface area contributed by atoms with E-state index in [1.165, 1.54) is 0 Å². The zero-order chi connectivity index (χ0) is 24.4. The molecule has 0 saturated carbocycles. The number of rotatable bonds is 8. The molecular formula is C24H33NO6S2. The van der Waals surface area contributed by atoms with Crippen molar-refractivity contribution in [2.45, 2.75) is 48.8 Å². The molecule has 3 rings (SSSR count). The van der Waals surface area contributed by atoms with E-state index < -0.39 is 31.0 Å². The Hall–Kier alpha value is -2.10. The van der Waals surface area contributed by atoms with E-state index in [1.54, 1.807) is 38.5 Å². The van der Waals surface area contributed by atoms with Gasteiger partial charge in [0.1, 0.15) is 0 Å². The van der Waals surface area contributed by atoms with Crippen molar-refractivity contribution in [2.75, 3.05) is 32.3 Å². The van der Waals surface area contributed by atoms with Crippen LogP contribution in [0, 0.1) is 0 Å². The summed E-state index contributed by atoms with van der Waals surface area (Å²) in [5.41, 5.74) is 1.89. The molecule has 1 saturated heterocycles. The molecule has 1 aliphatic rings. The summed E-state index contributed by atoms with van der Waals surface area (Å²) in [5.74, 6) is 0.671. The first-order valence-electron chi connectivity index (χ1n) is 10.9. The molecule has 0 bridgehead atoms. The maximum Gasteiger partial charge on any atom is 0.183 e. The van der Waals surface area contributed by atoms with Crippen LogP contribution in [0.1, 0.15) is 31.9 Å². The fourth-order valence-corrected chi connectivity index (χ4v) is 8.79. The Balaban J connectivity index is 1.75. The minimum absolute atomic E-state index is 0.104. The Morgan fingerprint density at radius 3 is 2.18 bits per heavy atom. The average Bonchev–Trinajstić information content (AvgIpc) is 3.08. The van der Waals surface area contributed by atoms with Crippen LogP contribution in [0.5, 0.6) is 11.5 Å². The van der Waals surface area contributed by atoms with Gasteiger partial charge in [0.25, 0.3) is 0 Å². The summed E-state index contributed by atoms with van der Waals surface area (Å²) in [6.07, 6.45) is 0.587. The number of sulfone groups is 2. The zero-order valence-corrected chi connectivity index (χ0v) is 21.4. The van der Waals surface area contributed by atoms with Crippen LogP contribution in [-0.4, -0.2) is 60.4 Å². The molecule has 0 spiro atoms. The summed E-state index contributed by atoms with van der Waals surface area (Å²) in [6, 6.07) is 11.7. The third-order valence-electron chi connectivity index (χ3n) is 6.02. The molecule has 1 aliphatic heterocycles. The first-order chi connectivity index (χ1) is 15.4. The van der Waals surface area contributed by atoms with Crippen LogP contribution in [-0.2, 0) is 31.5 Å². The summed E-state index contributed by atoms with van der Waals surface area (Å²) in [4.78, 5) is 0.157. The molecule has 9 heteroatoms. The van der Waals surface area contributed by atoms with Crippen molar-refractivity contribution in [3.63, 3.8) is 0 Å². The van der Waals surface area contributed by atoms with Gasteiger partial charge in [0.2, 0.25) is 0 Å². The van der Waals surface area contributed by atoms with Crippen LogP contribution in [0.15, 0.2) is 47.4 Å².